The van der Waals surface area contributed by atoms with E-state index in [1.807, 2.05) is 61.8 Å². The first kappa shape index (κ1) is 13.2. The maximum atomic E-state index is 4.31. The van der Waals surface area contributed by atoms with Crippen LogP contribution in [0.5, 0.6) is 0 Å². The summed E-state index contributed by atoms with van der Waals surface area (Å²) >= 11 is 0. The molecule has 1 heterocycles. The summed E-state index contributed by atoms with van der Waals surface area (Å²) in [7, 11) is 0. The Balaban J connectivity index is 0.00000144. The number of anilines is 1. The summed E-state index contributed by atoms with van der Waals surface area (Å²) in [5.74, 6) is 0. The Morgan fingerprint density at radius 3 is 2.53 bits per heavy atom. The van der Waals surface area contributed by atoms with Gasteiger partial charge < -0.3 is 12.4 Å². The number of aromatic amines is 1. The van der Waals surface area contributed by atoms with Gasteiger partial charge >= 0.3 is 0 Å². The molecule has 0 aliphatic heterocycles. The zero-order valence-corrected chi connectivity index (χ0v) is 10.3. The van der Waals surface area contributed by atoms with Crippen molar-refractivity contribution in [2.24, 2.45) is 5.10 Å². The predicted octanol–water partition coefficient (Wildman–Crippen LogP) is -0.659. The summed E-state index contributed by atoms with van der Waals surface area (Å²) in [6.07, 6.45) is 3.80. The Labute approximate surface area is 107 Å². The predicted molar refractivity (Wildman–Crippen MR) is 65.3 cm³/mol. The normalized spacial score (nSPS) is 10.5. The molecule has 0 bridgehead atoms. The molecule has 0 amide bonds. The van der Waals surface area contributed by atoms with Gasteiger partial charge in [-0.1, -0.05) is 18.2 Å². The van der Waals surface area contributed by atoms with Crippen LogP contribution in [0.15, 0.2) is 60.0 Å². The van der Waals surface area contributed by atoms with E-state index in [4.69, 9.17) is 0 Å². The molecule has 4 heteroatoms. The number of aromatic nitrogens is 1. The molecule has 2 rings (SSSR count). The van der Waals surface area contributed by atoms with Crippen LogP contribution in [-0.2, 0) is 0 Å². The Bertz CT molecular complexity index is 469. The third-order valence-electron chi connectivity index (χ3n) is 2.25. The Morgan fingerprint density at radius 2 is 1.88 bits per heavy atom. The number of para-hydroxylation sites is 1. The topological polar surface area (TPSA) is 38.5 Å². The zero-order chi connectivity index (χ0) is 11.2. The van der Waals surface area contributed by atoms with Gasteiger partial charge in [0.05, 0.1) is 17.0 Å². The molecule has 17 heavy (non-hydrogen) atoms. The second-order valence-electron chi connectivity index (χ2n) is 3.47. The standard InChI is InChI=1S/C13H13N3.ClH/c1-11(12-6-5-9-14-10-12)15-16-13-7-3-2-4-8-13;/h2-10,16H,1H3;1H/b15-11+;. The Kier molecular flexibility index (Phi) is 5.17. The fourth-order valence-corrected chi connectivity index (χ4v) is 1.34. The third-order valence-corrected chi connectivity index (χ3v) is 2.25. The second kappa shape index (κ2) is 6.66. The van der Waals surface area contributed by atoms with Gasteiger partial charge in [-0.05, 0) is 25.1 Å². The average Bonchev–Trinajstić information content (AvgIpc) is 2.38. The minimum absolute atomic E-state index is 0. The number of halogens is 1. The van der Waals surface area contributed by atoms with Gasteiger partial charge in [0.1, 0.15) is 0 Å². The third kappa shape index (κ3) is 3.89. The highest BCUT2D eigenvalue weighted by Gasteiger charge is 1.98. The van der Waals surface area contributed by atoms with Crippen LogP contribution in [0.4, 0.5) is 5.69 Å². The maximum absolute atomic E-state index is 4.31. The summed E-state index contributed by atoms with van der Waals surface area (Å²) in [4.78, 5) is 3.03. The second-order valence-corrected chi connectivity index (χ2v) is 3.47. The molecular formula is C13H14ClN3. The fourth-order valence-electron chi connectivity index (χ4n) is 1.34. The van der Waals surface area contributed by atoms with E-state index in [0.29, 0.717) is 0 Å². The van der Waals surface area contributed by atoms with Gasteiger partial charge in [-0.3, -0.25) is 5.43 Å². The summed E-state index contributed by atoms with van der Waals surface area (Å²) in [6.45, 7) is 1.97. The lowest BCUT2D eigenvalue weighted by Gasteiger charge is -2.01. The molecule has 1 aromatic carbocycles. The van der Waals surface area contributed by atoms with Crippen molar-refractivity contribution in [3.63, 3.8) is 0 Å². The van der Waals surface area contributed by atoms with Crippen molar-refractivity contribution >= 4 is 11.4 Å². The first-order chi connectivity index (χ1) is 7.86. The van der Waals surface area contributed by atoms with Crippen LogP contribution in [-0.4, -0.2) is 5.71 Å². The van der Waals surface area contributed by atoms with Crippen molar-refractivity contribution in [3.05, 3.63) is 60.4 Å². The largest absolute Gasteiger partial charge is 1.00 e. The molecule has 0 atom stereocenters. The summed E-state index contributed by atoms with van der Waals surface area (Å²) < 4.78 is 0. The van der Waals surface area contributed by atoms with Gasteiger partial charge in [0, 0.05) is 6.07 Å². The Morgan fingerprint density at radius 1 is 1.12 bits per heavy atom. The van der Waals surface area contributed by atoms with Crippen molar-refractivity contribution in [1.29, 1.82) is 0 Å². The number of hydrazone groups is 1. The SMILES string of the molecule is C/C(=N\Nc1ccccc1)c1ccc[nH+]c1.[Cl-]. The number of pyridine rings is 1. The van der Waals surface area contributed by atoms with Crippen molar-refractivity contribution in [1.82, 2.24) is 0 Å². The average molecular weight is 248 g/mol. The van der Waals surface area contributed by atoms with E-state index in [2.05, 4.69) is 15.5 Å². The maximum Gasteiger partial charge on any atom is 0.176 e. The van der Waals surface area contributed by atoms with Crippen LogP contribution in [0.25, 0.3) is 0 Å². The highest BCUT2D eigenvalue weighted by atomic mass is 35.5. The lowest BCUT2D eigenvalue weighted by Crippen LogP contribution is -3.00. The van der Waals surface area contributed by atoms with E-state index in [1.54, 1.807) is 0 Å². The molecular weight excluding hydrogens is 234 g/mol. The smallest absolute Gasteiger partial charge is 0.176 e. The lowest BCUT2D eigenvalue weighted by atomic mass is 10.2. The number of benzene rings is 1. The Hall–Kier alpha value is -1.87. The van der Waals surface area contributed by atoms with Crippen molar-refractivity contribution < 1.29 is 17.4 Å². The van der Waals surface area contributed by atoms with Gasteiger partial charge in [-0.25, -0.2) is 4.98 Å². The minimum atomic E-state index is 0. The van der Waals surface area contributed by atoms with E-state index in [9.17, 15) is 0 Å². The molecule has 0 aliphatic carbocycles. The monoisotopic (exact) mass is 247 g/mol. The molecule has 0 saturated carbocycles. The highest BCUT2D eigenvalue weighted by molar-refractivity contribution is 5.98. The lowest BCUT2D eigenvalue weighted by molar-refractivity contribution is -0.378. The summed E-state index contributed by atoms with van der Waals surface area (Å²) in [6, 6.07) is 13.9. The molecule has 0 spiro atoms. The number of rotatable bonds is 3. The molecule has 0 radical (unpaired) electrons. The summed E-state index contributed by atoms with van der Waals surface area (Å²) in [5, 5.41) is 4.31. The first-order valence-electron chi connectivity index (χ1n) is 5.18. The summed E-state index contributed by atoms with van der Waals surface area (Å²) in [5.41, 5.74) is 6.02. The number of hydrogen-bond donors (Lipinski definition) is 1. The van der Waals surface area contributed by atoms with Crippen LogP contribution in [0, 0.1) is 0 Å². The molecule has 88 valence electrons. The van der Waals surface area contributed by atoms with Crippen LogP contribution in [0.1, 0.15) is 12.5 Å². The molecule has 1 aromatic heterocycles. The van der Waals surface area contributed by atoms with Gasteiger partial charge in [0.25, 0.3) is 0 Å². The molecule has 2 aromatic rings. The van der Waals surface area contributed by atoms with E-state index in [1.165, 1.54) is 0 Å². The number of H-pyrrole nitrogens is 1. The zero-order valence-electron chi connectivity index (χ0n) is 9.52. The van der Waals surface area contributed by atoms with Crippen LogP contribution >= 0.6 is 0 Å². The van der Waals surface area contributed by atoms with E-state index in [-0.39, 0.29) is 12.4 Å². The molecule has 0 saturated heterocycles. The van der Waals surface area contributed by atoms with Crippen molar-refractivity contribution in [2.75, 3.05) is 5.43 Å². The van der Waals surface area contributed by atoms with Gasteiger partial charge in [-0.2, -0.15) is 5.10 Å². The fraction of sp³-hybridized carbons (Fsp3) is 0.0769. The van der Waals surface area contributed by atoms with Crippen LogP contribution < -0.4 is 22.8 Å². The van der Waals surface area contributed by atoms with Crippen LogP contribution in [0.2, 0.25) is 0 Å². The van der Waals surface area contributed by atoms with E-state index in [0.717, 1.165) is 17.0 Å². The van der Waals surface area contributed by atoms with Crippen molar-refractivity contribution in [2.45, 2.75) is 6.92 Å². The number of hydrogen-bond acceptors (Lipinski definition) is 2. The van der Waals surface area contributed by atoms with E-state index >= 15 is 0 Å². The van der Waals surface area contributed by atoms with Gasteiger partial charge in [-0.15, -0.1) is 0 Å². The van der Waals surface area contributed by atoms with Crippen molar-refractivity contribution in [3.8, 4) is 0 Å². The number of nitrogens with zero attached hydrogens (tertiary/aromatic N) is 1. The molecule has 0 aliphatic rings. The minimum Gasteiger partial charge on any atom is -1.00 e. The molecule has 2 N–H and O–H groups in total. The highest BCUT2D eigenvalue weighted by Crippen LogP contribution is 2.05. The molecule has 0 fully saturated rings. The first-order valence-corrected chi connectivity index (χ1v) is 5.18. The molecule has 0 unspecified atom stereocenters. The van der Waals surface area contributed by atoms with Crippen LogP contribution in [0.3, 0.4) is 0 Å². The quantitative estimate of drug-likeness (QED) is 0.568. The molecule has 3 nitrogen and oxygen atoms in total. The number of nitrogens with one attached hydrogen (secondary N) is 2. The van der Waals surface area contributed by atoms with E-state index < -0.39 is 0 Å². The van der Waals surface area contributed by atoms with Gasteiger partial charge in [0.15, 0.2) is 12.4 Å². The van der Waals surface area contributed by atoms with Gasteiger partial charge in [0.2, 0.25) is 0 Å².